The number of nitrogens with two attached hydrogens (primary N) is 1. The van der Waals surface area contributed by atoms with Crippen molar-refractivity contribution in [1.82, 2.24) is 20.0 Å². The Morgan fingerprint density at radius 2 is 2.21 bits per heavy atom. The molecule has 0 aromatic carbocycles. The van der Waals surface area contributed by atoms with Gasteiger partial charge in [-0.1, -0.05) is 6.42 Å². The maximum atomic E-state index is 12.5. The van der Waals surface area contributed by atoms with Gasteiger partial charge in [0.15, 0.2) is 5.82 Å². The SMILES string of the molecule is Cc1[nH]nc(N)c1C(=O)N1CCN2CCCCC2C1. The number of hydrogen-bond acceptors (Lipinski definition) is 4. The first-order chi connectivity index (χ1) is 9.16. The summed E-state index contributed by atoms with van der Waals surface area (Å²) in [7, 11) is 0. The molecule has 2 aliphatic rings. The molecule has 6 nitrogen and oxygen atoms in total. The van der Waals surface area contributed by atoms with Crippen LogP contribution in [-0.2, 0) is 0 Å². The average molecular weight is 263 g/mol. The largest absolute Gasteiger partial charge is 0.382 e. The van der Waals surface area contributed by atoms with Crippen LogP contribution in [0.25, 0.3) is 0 Å². The van der Waals surface area contributed by atoms with Crippen molar-refractivity contribution in [1.29, 1.82) is 0 Å². The van der Waals surface area contributed by atoms with Gasteiger partial charge in [-0.05, 0) is 26.3 Å². The molecular weight excluding hydrogens is 242 g/mol. The highest BCUT2D eigenvalue weighted by Gasteiger charge is 2.32. The number of piperazine rings is 1. The van der Waals surface area contributed by atoms with Gasteiger partial charge in [-0.25, -0.2) is 0 Å². The number of carbonyl (C=O) groups excluding carboxylic acids is 1. The van der Waals surface area contributed by atoms with Crippen LogP contribution >= 0.6 is 0 Å². The first-order valence-corrected chi connectivity index (χ1v) is 7.00. The molecule has 1 atom stereocenters. The van der Waals surface area contributed by atoms with Crippen molar-refractivity contribution in [2.75, 3.05) is 31.9 Å². The van der Waals surface area contributed by atoms with Crippen LogP contribution in [0, 0.1) is 6.92 Å². The lowest BCUT2D eigenvalue weighted by Gasteiger charge is -2.44. The van der Waals surface area contributed by atoms with Crippen LogP contribution in [0.2, 0.25) is 0 Å². The quantitative estimate of drug-likeness (QED) is 0.778. The first-order valence-electron chi connectivity index (χ1n) is 7.00. The molecule has 1 unspecified atom stereocenters. The molecule has 104 valence electrons. The number of nitrogens with one attached hydrogen (secondary N) is 1. The highest BCUT2D eigenvalue weighted by molar-refractivity contribution is 5.99. The van der Waals surface area contributed by atoms with Gasteiger partial charge in [-0.3, -0.25) is 14.8 Å². The zero-order valence-electron chi connectivity index (χ0n) is 11.4. The first kappa shape index (κ1) is 12.5. The predicted molar refractivity (Wildman–Crippen MR) is 72.9 cm³/mol. The van der Waals surface area contributed by atoms with E-state index in [0.29, 0.717) is 17.4 Å². The Morgan fingerprint density at radius 1 is 1.37 bits per heavy atom. The molecule has 3 rings (SSSR count). The fourth-order valence-corrected chi connectivity index (χ4v) is 3.22. The fraction of sp³-hybridized carbons (Fsp3) is 0.692. The third-order valence-corrected chi connectivity index (χ3v) is 4.31. The summed E-state index contributed by atoms with van der Waals surface area (Å²) in [5.74, 6) is 0.336. The van der Waals surface area contributed by atoms with Crippen molar-refractivity contribution < 1.29 is 4.79 Å². The van der Waals surface area contributed by atoms with E-state index in [0.717, 1.165) is 25.3 Å². The molecule has 0 radical (unpaired) electrons. The van der Waals surface area contributed by atoms with E-state index in [4.69, 9.17) is 5.73 Å². The maximum absolute atomic E-state index is 12.5. The van der Waals surface area contributed by atoms with Crippen LogP contribution in [0.5, 0.6) is 0 Å². The molecular formula is C13H21N5O. The molecule has 0 aliphatic carbocycles. The van der Waals surface area contributed by atoms with E-state index in [2.05, 4.69) is 15.1 Å². The topological polar surface area (TPSA) is 78.2 Å². The molecule has 6 heteroatoms. The number of piperidine rings is 1. The standard InChI is InChI=1S/C13H21N5O/c1-9-11(12(14)16-15-9)13(19)18-7-6-17-5-3-2-4-10(17)8-18/h10H,2-8H2,1H3,(H3,14,15,16). The van der Waals surface area contributed by atoms with Gasteiger partial charge in [-0.2, -0.15) is 5.10 Å². The number of hydrogen-bond donors (Lipinski definition) is 2. The summed E-state index contributed by atoms with van der Waals surface area (Å²) in [4.78, 5) is 17.0. The summed E-state index contributed by atoms with van der Waals surface area (Å²) in [6, 6.07) is 0.528. The van der Waals surface area contributed by atoms with Crippen LogP contribution in [0.1, 0.15) is 35.3 Å². The molecule has 2 aliphatic heterocycles. The van der Waals surface area contributed by atoms with Crippen LogP contribution < -0.4 is 5.73 Å². The lowest BCUT2D eigenvalue weighted by atomic mass is 9.99. The highest BCUT2D eigenvalue weighted by atomic mass is 16.2. The Kier molecular flexibility index (Phi) is 3.18. The maximum Gasteiger partial charge on any atom is 0.259 e. The second-order valence-corrected chi connectivity index (χ2v) is 5.55. The Bertz CT molecular complexity index is 464. The summed E-state index contributed by atoms with van der Waals surface area (Å²) < 4.78 is 0. The van der Waals surface area contributed by atoms with Gasteiger partial charge in [0, 0.05) is 31.4 Å². The van der Waals surface area contributed by atoms with E-state index >= 15 is 0 Å². The van der Waals surface area contributed by atoms with Gasteiger partial charge >= 0.3 is 0 Å². The minimum absolute atomic E-state index is 0.0222. The summed E-state index contributed by atoms with van der Waals surface area (Å²) >= 11 is 0. The second-order valence-electron chi connectivity index (χ2n) is 5.55. The lowest BCUT2D eigenvalue weighted by molar-refractivity contribution is 0.0373. The molecule has 0 saturated carbocycles. The molecule has 2 fully saturated rings. The van der Waals surface area contributed by atoms with Crippen molar-refractivity contribution in [2.24, 2.45) is 0 Å². The van der Waals surface area contributed by atoms with Gasteiger partial charge in [0.25, 0.3) is 5.91 Å². The van der Waals surface area contributed by atoms with E-state index in [1.54, 1.807) is 0 Å². The third-order valence-electron chi connectivity index (χ3n) is 4.31. The molecule has 19 heavy (non-hydrogen) atoms. The summed E-state index contributed by atoms with van der Waals surface area (Å²) in [5.41, 5.74) is 7.08. The van der Waals surface area contributed by atoms with E-state index in [-0.39, 0.29) is 5.91 Å². The van der Waals surface area contributed by atoms with E-state index in [9.17, 15) is 4.79 Å². The molecule has 3 heterocycles. The molecule has 1 amide bonds. The number of carbonyl (C=O) groups is 1. The van der Waals surface area contributed by atoms with E-state index in [1.807, 2.05) is 11.8 Å². The van der Waals surface area contributed by atoms with Gasteiger partial charge in [0.1, 0.15) is 5.56 Å². The minimum Gasteiger partial charge on any atom is -0.382 e. The molecule has 1 aromatic rings. The highest BCUT2D eigenvalue weighted by Crippen LogP contribution is 2.23. The number of anilines is 1. The van der Waals surface area contributed by atoms with E-state index < -0.39 is 0 Å². The Balaban J connectivity index is 1.74. The summed E-state index contributed by atoms with van der Waals surface area (Å²) in [6.45, 7) is 5.61. The fourth-order valence-electron chi connectivity index (χ4n) is 3.22. The Labute approximate surface area is 112 Å². The number of aromatic amines is 1. The average Bonchev–Trinajstić information content (AvgIpc) is 2.77. The summed E-state index contributed by atoms with van der Waals surface area (Å²) in [5, 5.41) is 6.69. The number of rotatable bonds is 1. The number of nitrogens with zero attached hydrogens (tertiary/aromatic N) is 3. The van der Waals surface area contributed by atoms with Crippen molar-refractivity contribution >= 4 is 11.7 Å². The van der Waals surface area contributed by atoms with Crippen molar-refractivity contribution in [3.8, 4) is 0 Å². The van der Waals surface area contributed by atoms with Crippen molar-refractivity contribution in [3.63, 3.8) is 0 Å². The van der Waals surface area contributed by atoms with Crippen LogP contribution in [0.4, 0.5) is 5.82 Å². The molecule has 0 bridgehead atoms. The van der Waals surface area contributed by atoms with Crippen LogP contribution in [0.3, 0.4) is 0 Å². The van der Waals surface area contributed by atoms with Gasteiger partial charge in [0.05, 0.1) is 0 Å². The van der Waals surface area contributed by atoms with Crippen molar-refractivity contribution in [3.05, 3.63) is 11.3 Å². The number of amides is 1. The van der Waals surface area contributed by atoms with Crippen LogP contribution in [0.15, 0.2) is 0 Å². The summed E-state index contributed by atoms with van der Waals surface area (Å²) in [6.07, 6.45) is 3.76. The Hall–Kier alpha value is -1.56. The van der Waals surface area contributed by atoms with Gasteiger partial charge in [-0.15, -0.1) is 0 Å². The lowest BCUT2D eigenvalue weighted by Crippen LogP contribution is -2.56. The Morgan fingerprint density at radius 3 is 2.95 bits per heavy atom. The monoisotopic (exact) mass is 263 g/mol. The van der Waals surface area contributed by atoms with Crippen molar-refractivity contribution in [2.45, 2.75) is 32.2 Å². The van der Waals surface area contributed by atoms with Gasteiger partial charge in [0.2, 0.25) is 0 Å². The molecule has 3 N–H and O–H groups in total. The number of aryl methyl sites for hydroxylation is 1. The number of fused-ring (bicyclic) bond motifs is 1. The van der Waals surface area contributed by atoms with Crippen LogP contribution in [-0.4, -0.2) is 58.1 Å². The zero-order chi connectivity index (χ0) is 13.4. The molecule has 1 aromatic heterocycles. The van der Waals surface area contributed by atoms with E-state index in [1.165, 1.54) is 25.8 Å². The third kappa shape index (κ3) is 2.20. The second kappa shape index (κ2) is 4.85. The number of H-pyrrole nitrogens is 1. The predicted octanol–water partition coefficient (Wildman–Crippen LogP) is 0.611. The number of nitrogen functional groups attached to an aromatic ring is 1. The van der Waals surface area contributed by atoms with Gasteiger partial charge < -0.3 is 10.6 Å². The molecule has 2 saturated heterocycles. The number of aromatic nitrogens is 2. The normalized spacial score (nSPS) is 24.3. The zero-order valence-corrected chi connectivity index (χ0v) is 11.4. The smallest absolute Gasteiger partial charge is 0.259 e. The minimum atomic E-state index is 0.0222. The molecule has 0 spiro atoms.